The number of aromatic carboxylic acids is 1. The molecular weight excluding hydrogens is 246 g/mol. The van der Waals surface area contributed by atoms with Crippen molar-refractivity contribution in [3.05, 3.63) is 34.2 Å². The lowest BCUT2D eigenvalue weighted by Gasteiger charge is -2.12. The zero-order valence-corrected chi connectivity index (χ0v) is 9.68. The van der Waals surface area contributed by atoms with Gasteiger partial charge in [-0.3, -0.25) is 4.79 Å². The van der Waals surface area contributed by atoms with Gasteiger partial charge in [-0.15, -0.1) is 0 Å². The number of aromatic nitrogens is 1. The maximum Gasteiger partial charge on any atom is 0.341 e. The maximum atomic E-state index is 11.8. The zero-order chi connectivity index (χ0) is 12.6. The molecule has 0 spiro atoms. The van der Waals surface area contributed by atoms with E-state index >= 15 is 0 Å². The molecule has 6 nitrogen and oxygen atoms in total. The Kier molecular flexibility index (Phi) is 2.78. The molecule has 0 radical (unpaired) electrons. The first kappa shape index (κ1) is 11.8. The molecule has 1 aliphatic heterocycles. The first-order chi connectivity index (χ1) is 7.91. The van der Waals surface area contributed by atoms with Gasteiger partial charge in [0.2, 0.25) is 0 Å². The van der Waals surface area contributed by atoms with Gasteiger partial charge in [-0.2, -0.15) is 0 Å². The van der Waals surface area contributed by atoms with Crippen molar-refractivity contribution in [3.63, 3.8) is 0 Å². The van der Waals surface area contributed by atoms with Crippen LogP contribution in [-0.2, 0) is 9.84 Å². The molecular formula is C10H11NO5S. The Hall–Kier alpha value is -1.63. The monoisotopic (exact) mass is 257 g/mol. The van der Waals surface area contributed by atoms with E-state index in [2.05, 4.69) is 0 Å². The largest absolute Gasteiger partial charge is 0.477 e. The predicted molar refractivity (Wildman–Crippen MR) is 60.0 cm³/mol. The van der Waals surface area contributed by atoms with Gasteiger partial charge in [0.05, 0.1) is 17.5 Å². The summed E-state index contributed by atoms with van der Waals surface area (Å²) in [5.41, 5.74) is -0.987. The fraction of sp³-hybridized carbons (Fsp3) is 0.400. The van der Waals surface area contributed by atoms with Gasteiger partial charge in [0.25, 0.3) is 5.56 Å². The van der Waals surface area contributed by atoms with Crippen LogP contribution in [0.4, 0.5) is 0 Å². The lowest BCUT2D eigenvalue weighted by molar-refractivity contribution is 0.0694. The Labute approximate surface area is 97.4 Å². The molecule has 1 aromatic rings. The molecule has 0 aromatic carbocycles. The second-order valence-electron chi connectivity index (χ2n) is 4.00. The van der Waals surface area contributed by atoms with Crippen molar-refractivity contribution in [2.75, 3.05) is 11.5 Å². The molecule has 1 N–H and O–H groups in total. The van der Waals surface area contributed by atoms with Gasteiger partial charge in [-0.1, -0.05) is 0 Å². The Morgan fingerprint density at radius 2 is 2.18 bits per heavy atom. The molecule has 0 bridgehead atoms. The second kappa shape index (κ2) is 3.99. The third kappa shape index (κ3) is 2.23. The van der Waals surface area contributed by atoms with Gasteiger partial charge in [0.15, 0.2) is 9.84 Å². The van der Waals surface area contributed by atoms with Crippen molar-refractivity contribution in [2.24, 2.45) is 0 Å². The minimum Gasteiger partial charge on any atom is -0.477 e. The second-order valence-corrected chi connectivity index (χ2v) is 6.23. The number of hydrogen-bond donors (Lipinski definition) is 1. The summed E-state index contributed by atoms with van der Waals surface area (Å²) in [4.78, 5) is 22.6. The molecule has 17 heavy (non-hydrogen) atoms. The summed E-state index contributed by atoms with van der Waals surface area (Å²) >= 11 is 0. The van der Waals surface area contributed by atoms with E-state index < -0.39 is 27.4 Å². The van der Waals surface area contributed by atoms with Crippen molar-refractivity contribution >= 4 is 15.8 Å². The van der Waals surface area contributed by atoms with Crippen LogP contribution in [0.25, 0.3) is 0 Å². The maximum absolute atomic E-state index is 11.8. The topological polar surface area (TPSA) is 93.4 Å². The third-order valence-electron chi connectivity index (χ3n) is 2.81. The van der Waals surface area contributed by atoms with E-state index in [1.807, 2.05) is 0 Å². The first-order valence-electron chi connectivity index (χ1n) is 5.05. The van der Waals surface area contributed by atoms with Crippen LogP contribution in [0.1, 0.15) is 22.8 Å². The van der Waals surface area contributed by atoms with Crippen LogP contribution in [0.3, 0.4) is 0 Å². The molecule has 0 amide bonds. The Morgan fingerprint density at radius 1 is 1.47 bits per heavy atom. The molecule has 1 saturated heterocycles. The molecule has 2 heterocycles. The Morgan fingerprint density at radius 3 is 2.71 bits per heavy atom. The highest BCUT2D eigenvalue weighted by Crippen LogP contribution is 2.21. The standard InChI is InChI=1S/C10H11NO5S/c12-9-8(10(13)14)2-1-4-11(9)7-3-5-17(15,16)6-7/h1-2,4,7H,3,5-6H2,(H,13,14)/t7-/m1/s1. The normalized spacial score (nSPS) is 22.5. The summed E-state index contributed by atoms with van der Waals surface area (Å²) in [6.45, 7) is 0. The lowest BCUT2D eigenvalue weighted by Crippen LogP contribution is -2.29. The number of pyridine rings is 1. The lowest BCUT2D eigenvalue weighted by atomic mass is 10.2. The van der Waals surface area contributed by atoms with E-state index in [1.165, 1.54) is 22.9 Å². The number of carboxylic acid groups (broad SMARTS) is 1. The Bertz CT molecular complexity index is 616. The highest BCUT2D eigenvalue weighted by atomic mass is 32.2. The van der Waals surface area contributed by atoms with E-state index in [0.29, 0.717) is 6.42 Å². The molecule has 2 rings (SSSR count). The van der Waals surface area contributed by atoms with Gasteiger partial charge >= 0.3 is 5.97 Å². The summed E-state index contributed by atoms with van der Waals surface area (Å²) in [6, 6.07) is 2.20. The van der Waals surface area contributed by atoms with Crippen LogP contribution in [0.5, 0.6) is 0 Å². The molecule has 1 atom stereocenters. The summed E-state index contributed by atoms with van der Waals surface area (Å²) in [6.07, 6.45) is 1.78. The SMILES string of the molecule is O=C(O)c1cccn([C@@H]2CCS(=O)(=O)C2)c1=O. The number of nitrogens with zero attached hydrogens (tertiary/aromatic N) is 1. The van der Waals surface area contributed by atoms with E-state index in [0.717, 1.165) is 0 Å². The van der Waals surface area contributed by atoms with Crippen molar-refractivity contribution in [1.82, 2.24) is 4.57 Å². The highest BCUT2D eigenvalue weighted by molar-refractivity contribution is 7.91. The summed E-state index contributed by atoms with van der Waals surface area (Å²) in [5, 5.41) is 8.80. The van der Waals surface area contributed by atoms with Crippen LogP contribution in [0.2, 0.25) is 0 Å². The van der Waals surface area contributed by atoms with Gasteiger partial charge in [0.1, 0.15) is 5.56 Å². The van der Waals surface area contributed by atoms with Crippen molar-refractivity contribution in [3.8, 4) is 0 Å². The summed E-state index contributed by atoms with van der Waals surface area (Å²) < 4.78 is 23.8. The van der Waals surface area contributed by atoms with E-state index in [-0.39, 0.29) is 17.1 Å². The molecule has 0 unspecified atom stereocenters. The Balaban J connectivity index is 2.45. The third-order valence-corrected chi connectivity index (χ3v) is 4.56. The molecule has 7 heteroatoms. The summed E-state index contributed by atoms with van der Waals surface area (Å²) in [7, 11) is -3.10. The first-order valence-corrected chi connectivity index (χ1v) is 6.88. The van der Waals surface area contributed by atoms with E-state index in [1.54, 1.807) is 0 Å². The smallest absolute Gasteiger partial charge is 0.341 e. The fourth-order valence-corrected chi connectivity index (χ4v) is 3.67. The quantitative estimate of drug-likeness (QED) is 0.799. The highest BCUT2D eigenvalue weighted by Gasteiger charge is 2.30. The average molecular weight is 257 g/mol. The van der Waals surface area contributed by atoms with Gasteiger partial charge in [0, 0.05) is 6.20 Å². The molecule has 0 saturated carbocycles. The molecule has 1 fully saturated rings. The molecule has 1 aromatic heterocycles. The van der Waals surface area contributed by atoms with Gasteiger partial charge in [-0.25, -0.2) is 13.2 Å². The molecule has 0 aliphatic carbocycles. The van der Waals surface area contributed by atoms with Gasteiger partial charge in [-0.05, 0) is 18.6 Å². The zero-order valence-electron chi connectivity index (χ0n) is 8.87. The van der Waals surface area contributed by atoms with Crippen LogP contribution >= 0.6 is 0 Å². The van der Waals surface area contributed by atoms with Crippen molar-refractivity contribution < 1.29 is 18.3 Å². The van der Waals surface area contributed by atoms with Gasteiger partial charge < -0.3 is 9.67 Å². The van der Waals surface area contributed by atoms with E-state index in [4.69, 9.17) is 5.11 Å². The van der Waals surface area contributed by atoms with Crippen molar-refractivity contribution in [1.29, 1.82) is 0 Å². The number of carbonyl (C=O) groups is 1. The molecule has 1 aliphatic rings. The minimum atomic E-state index is -3.10. The fourth-order valence-electron chi connectivity index (χ4n) is 1.96. The number of sulfone groups is 1. The summed E-state index contributed by atoms with van der Waals surface area (Å²) in [5.74, 6) is -1.36. The van der Waals surface area contributed by atoms with Crippen LogP contribution in [-0.4, -0.2) is 35.6 Å². The average Bonchev–Trinajstić information content (AvgIpc) is 2.58. The van der Waals surface area contributed by atoms with Crippen LogP contribution in [0, 0.1) is 0 Å². The number of rotatable bonds is 2. The van der Waals surface area contributed by atoms with Crippen molar-refractivity contribution in [2.45, 2.75) is 12.5 Å². The van der Waals surface area contributed by atoms with Crippen LogP contribution in [0.15, 0.2) is 23.1 Å². The number of carboxylic acids is 1. The van der Waals surface area contributed by atoms with Crippen LogP contribution < -0.4 is 5.56 Å². The number of hydrogen-bond acceptors (Lipinski definition) is 4. The molecule has 92 valence electrons. The minimum absolute atomic E-state index is 0.0431. The van der Waals surface area contributed by atoms with E-state index in [9.17, 15) is 18.0 Å². The predicted octanol–water partition coefficient (Wildman–Crippen LogP) is -0.0939.